The molecule has 1 N–H and O–H groups in total. The molecule has 1 aromatic heterocycles. The van der Waals surface area contributed by atoms with E-state index in [0.717, 1.165) is 35.7 Å². The number of rotatable bonds is 1. The Balaban J connectivity index is 2.03. The largest absolute Gasteiger partial charge is 0.385 e. The van der Waals surface area contributed by atoms with E-state index in [1.165, 1.54) is 0 Å². The van der Waals surface area contributed by atoms with Gasteiger partial charge < -0.3 is 5.11 Å². The van der Waals surface area contributed by atoms with E-state index < -0.39 is 5.60 Å². The maximum absolute atomic E-state index is 11.1. The molecule has 2 aromatic rings. The third-order valence-corrected chi connectivity index (χ3v) is 4.70. The Kier molecular flexibility index (Phi) is 3.06. The summed E-state index contributed by atoms with van der Waals surface area (Å²) in [5, 5.41) is 12.2. The van der Waals surface area contributed by atoms with E-state index >= 15 is 0 Å². The van der Waals surface area contributed by atoms with E-state index in [2.05, 4.69) is 43.1 Å². The van der Waals surface area contributed by atoms with E-state index in [9.17, 15) is 5.11 Å². The van der Waals surface area contributed by atoms with Gasteiger partial charge in [-0.3, -0.25) is 4.98 Å². The summed E-state index contributed by atoms with van der Waals surface area (Å²) in [6, 6.07) is 10.2. The fourth-order valence-electron chi connectivity index (χ4n) is 3.39. The van der Waals surface area contributed by atoms with Crippen LogP contribution in [0.1, 0.15) is 38.7 Å². The molecular formula is C17H21NO. The summed E-state index contributed by atoms with van der Waals surface area (Å²) in [7, 11) is 0. The van der Waals surface area contributed by atoms with Crippen LogP contribution in [-0.2, 0) is 5.60 Å². The van der Waals surface area contributed by atoms with Gasteiger partial charge in [0, 0.05) is 11.6 Å². The van der Waals surface area contributed by atoms with Crippen LogP contribution in [-0.4, -0.2) is 10.1 Å². The van der Waals surface area contributed by atoms with Gasteiger partial charge in [0.1, 0.15) is 0 Å². The minimum Gasteiger partial charge on any atom is -0.385 e. The summed E-state index contributed by atoms with van der Waals surface area (Å²) in [5.41, 5.74) is 1.32. The summed E-state index contributed by atoms with van der Waals surface area (Å²) >= 11 is 0. The number of aromatic nitrogens is 1. The Morgan fingerprint density at radius 2 is 2.11 bits per heavy atom. The zero-order valence-electron chi connectivity index (χ0n) is 11.6. The van der Waals surface area contributed by atoms with E-state index in [4.69, 9.17) is 0 Å². The molecule has 19 heavy (non-hydrogen) atoms. The van der Waals surface area contributed by atoms with Crippen molar-refractivity contribution in [1.29, 1.82) is 0 Å². The van der Waals surface area contributed by atoms with Crippen LogP contribution in [0.5, 0.6) is 0 Å². The van der Waals surface area contributed by atoms with Gasteiger partial charge in [-0.2, -0.15) is 0 Å². The molecule has 1 saturated carbocycles. The first-order chi connectivity index (χ1) is 9.09. The molecule has 2 nitrogen and oxygen atoms in total. The monoisotopic (exact) mass is 255 g/mol. The Bertz CT molecular complexity index is 595. The molecule has 1 aliphatic carbocycles. The Morgan fingerprint density at radius 1 is 1.26 bits per heavy atom. The lowest BCUT2D eigenvalue weighted by molar-refractivity contribution is -0.0586. The second-order valence-corrected chi connectivity index (χ2v) is 6.12. The Labute approximate surface area is 114 Å². The van der Waals surface area contributed by atoms with E-state index in [0.29, 0.717) is 11.8 Å². The summed E-state index contributed by atoms with van der Waals surface area (Å²) in [5.74, 6) is 1.02. The molecule has 3 unspecified atom stereocenters. The number of nitrogens with zero attached hydrogens (tertiary/aromatic N) is 1. The Hall–Kier alpha value is -1.41. The van der Waals surface area contributed by atoms with Crippen LogP contribution in [0.3, 0.4) is 0 Å². The molecule has 3 rings (SSSR count). The van der Waals surface area contributed by atoms with Crippen LogP contribution in [0, 0.1) is 11.8 Å². The van der Waals surface area contributed by atoms with Gasteiger partial charge in [-0.1, -0.05) is 32.0 Å². The van der Waals surface area contributed by atoms with Gasteiger partial charge in [-0.05, 0) is 48.8 Å². The number of pyridine rings is 1. The molecule has 100 valence electrons. The van der Waals surface area contributed by atoms with Gasteiger partial charge in [0.05, 0.1) is 11.1 Å². The molecule has 0 bridgehead atoms. The van der Waals surface area contributed by atoms with Gasteiger partial charge in [-0.15, -0.1) is 0 Å². The van der Waals surface area contributed by atoms with Crippen molar-refractivity contribution in [2.24, 2.45) is 11.8 Å². The summed E-state index contributed by atoms with van der Waals surface area (Å²) in [4.78, 5) is 4.40. The number of aliphatic hydroxyl groups is 1. The molecule has 3 atom stereocenters. The second-order valence-electron chi connectivity index (χ2n) is 6.12. The summed E-state index contributed by atoms with van der Waals surface area (Å²) in [6.45, 7) is 4.44. The first kappa shape index (κ1) is 12.6. The molecule has 0 spiro atoms. The van der Waals surface area contributed by atoms with Crippen molar-refractivity contribution in [3.63, 3.8) is 0 Å². The van der Waals surface area contributed by atoms with E-state index in [1.54, 1.807) is 0 Å². The second kappa shape index (κ2) is 4.61. The highest BCUT2D eigenvalue weighted by Gasteiger charge is 2.39. The van der Waals surface area contributed by atoms with Crippen LogP contribution in [0.4, 0.5) is 0 Å². The maximum atomic E-state index is 11.1. The van der Waals surface area contributed by atoms with Crippen molar-refractivity contribution < 1.29 is 5.11 Å². The molecule has 0 amide bonds. The van der Waals surface area contributed by atoms with Gasteiger partial charge in [0.25, 0.3) is 0 Å². The van der Waals surface area contributed by atoms with Gasteiger partial charge in [0.15, 0.2) is 0 Å². The molecule has 1 aliphatic rings. The number of hydrogen-bond acceptors (Lipinski definition) is 2. The SMILES string of the molecule is CC1CCC(O)(c2ccc3cccnc3c2)C(C)C1. The Morgan fingerprint density at radius 3 is 2.89 bits per heavy atom. The highest BCUT2D eigenvalue weighted by molar-refractivity contribution is 5.79. The topological polar surface area (TPSA) is 33.1 Å². The molecule has 1 aromatic carbocycles. The molecular weight excluding hydrogens is 234 g/mol. The lowest BCUT2D eigenvalue weighted by Gasteiger charge is -2.41. The van der Waals surface area contributed by atoms with Crippen molar-refractivity contribution in [2.45, 2.75) is 38.7 Å². The van der Waals surface area contributed by atoms with Gasteiger partial charge in [-0.25, -0.2) is 0 Å². The lowest BCUT2D eigenvalue weighted by Crippen LogP contribution is -2.38. The van der Waals surface area contributed by atoms with Crippen LogP contribution in [0.15, 0.2) is 36.5 Å². The fraction of sp³-hybridized carbons (Fsp3) is 0.471. The minimum atomic E-state index is -0.682. The predicted octanol–water partition coefficient (Wildman–Crippen LogP) is 3.88. The third-order valence-electron chi connectivity index (χ3n) is 4.70. The average Bonchev–Trinajstić information content (AvgIpc) is 2.43. The average molecular weight is 255 g/mol. The van der Waals surface area contributed by atoms with Crippen molar-refractivity contribution in [3.8, 4) is 0 Å². The van der Waals surface area contributed by atoms with Crippen LogP contribution >= 0.6 is 0 Å². The minimum absolute atomic E-state index is 0.303. The van der Waals surface area contributed by atoms with Crippen molar-refractivity contribution in [3.05, 3.63) is 42.1 Å². The third kappa shape index (κ3) is 2.14. The molecule has 0 aliphatic heterocycles. The predicted molar refractivity (Wildman–Crippen MR) is 77.8 cm³/mol. The van der Waals surface area contributed by atoms with E-state index in [1.807, 2.05) is 12.3 Å². The number of hydrogen-bond donors (Lipinski definition) is 1. The standard InChI is InChI=1S/C17H21NO/c1-12-7-8-17(19,13(2)10-12)15-6-5-14-4-3-9-18-16(14)11-15/h3-6,9,11-13,19H,7-8,10H2,1-2H3. The normalized spacial score (nSPS) is 31.5. The first-order valence-corrected chi connectivity index (χ1v) is 7.17. The molecule has 1 fully saturated rings. The van der Waals surface area contributed by atoms with Gasteiger partial charge >= 0.3 is 0 Å². The number of benzene rings is 1. The van der Waals surface area contributed by atoms with Crippen molar-refractivity contribution in [2.75, 3.05) is 0 Å². The van der Waals surface area contributed by atoms with E-state index in [-0.39, 0.29) is 0 Å². The summed E-state index contributed by atoms with van der Waals surface area (Å²) in [6.07, 6.45) is 4.86. The zero-order valence-corrected chi connectivity index (χ0v) is 11.6. The fourth-order valence-corrected chi connectivity index (χ4v) is 3.39. The zero-order chi connectivity index (χ0) is 13.5. The summed E-state index contributed by atoms with van der Waals surface area (Å²) < 4.78 is 0. The lowest BCUT2D eigenvalue weighted by atomic mass is 9.69. The molecule has 1 heterocycles. The van der Waals surface area contributed by atoms with Crippen LogP contribution < -0.4 is 0 Å². The first-order valence-electron chi connectivity index (χ1n) is 7.17. The van der Waals surface area contributed by atoms with Crippen molar-refractivity contribution >= 4 is 10.9 Å². The number of fused-ring (bicyclic) bond motifs is 1. The highest BCUT2D eigenvalue weighted by Crippen LogP contribution is 2.43. The van der Waals surface area contributed by atoms with Gasteiger partial charge in [0.2, 0.25) is 0 Å². The van der Waals surface area contributed by atoms with Crippen molar-refractivity contribution in [1.82, 2.24) is 4.98 Å². The molecule has 0 saturated heterocycles. The quantitative estimate of drug-likeness (QED) is 0.839. The van der Waals surface area contributed by atoms with Crippen LogP contribution in [0.2, 0.25) is 0 Å². The smallest absolute Gasteiger partial charge is 0.0922 e. The maximum Gasteiger partial charge on any atom is 0.0922 e. The molecule has 0 radical (unpaired) electrons. The van der Waals surface area contributed by atoms with Crippen LogP contribution in [0.25, 0.3) is 10.9 Å². The highest BCUT2D eigenvalue weighted by atomic mass is 16.3. The molecule has 2 heteroatoms.